The van der Waals surface area contributed by atoms with Crippen molar-refractivity contribution >= 4 is 18.0 Å². The predicted octanol–water partition coefficient (Wildman–Crippen LogP) is 3.33. The van der Waals surface area contributed by atoms with Gasteiger partial charge in [-0.2, -0.15) is 5.10 Å². The minimum absolute atomic E-state index is 0.0637. The maximum atomic E-state index is 12.2. The second kappa shape index (κ2) is 6.53. The fraction of sp³-hybridized carbons (Fsp3) is 0.250. The van der Waals surface area contributed by atoms with Crippen LogP contribution in [0.25, 0.3) is 17.1 Å². The van der Waals surface area contributed by atoms with Crippen LogP contribution < -0.4 is 0 Å². The highest BCUT2D eigenvalue weighted by Gasteiger charge is 2.45. The Morgan fingerprint density at radius 1 is 1.04 bits per heavy atom. The van der Waals surface area contributed by atoms with Crippen molar-refractivity contribution in [2.75, 3.05) is 6.61 Å². The van der Waals surface area contributed by atoms with Gasteiger partial charge in [0.2, 0.25) is 11.1 Å². The van der Waals surface area contributed by atoms with Gasteiger partial charge < -0.3 is 9.47 Å². The van der Waals surface area contributed by atoms with E-state index in [2.05, 4.69) is 0 Å². The quantitative estimate of drug-likeness (QED) is 0.654. The van der Waals surface area contributed by atoms with Crippen LogP contribution in [-0.4, -0.2) is 39.1 Å². The molecule has 27 heavy (non-hydrogen) atoms. The number of hydrogen-bond acceptors (Lipinski definition) is 5. The molecule has 2 aliphatic rings. The molecule has 3 heterocycles. The number of Topliss-reactive ketones (excluding diaryl/α,β-unsaturated/α-hetero) is 1. The highest BCUT2D eigenvalue weighted by molar-refractivity contribution is 7.71. The Balaban J connectivity index is 1.69. The number of carbonyl (C=O) groups is 1. The molecular formula is C20H17N3O3S. The molecule has 136 valence electrons. The lowest BCUT2D eigenvalue weighted by Crippen LogP contribution is -2.37. The van der Waals surface area contributed by atoms with Gasteiger partial charge in [-0.25, -0.2) is 4.68 Å². The van der Waals surface area contributed by atoms with Crippen LogP contribution in [0.2, 0.25) is 0 Å². The van der Waals surface area contributed by atoms with Crippen LogP contribution in [0.5, 0.6) is 0 Å². The van der Waals surface area contributed by atoms with Crippen molar-refractivity contribution in [2.45, 2.75) is 24.9 Å². The molecule has 0 saturated carbocycles. The molecule has 2 aromatic carbocycles. The smallest absolute Gasteiger partial charge is 0.218 e. The van der Waals surface area contributed by atoms with Gasteiger partial charge in [-0.05, 0) is 24.4 Å². The third kappa shape index (κ3) is 2.75. The van der Waals surface area contributed by atoms with E-state index in [0.717, 1.165) is 17.1 Å². The zero-order valence-corrected chi connectivity index (χ0v) is 15.2. The summed E-state index contributed by atoms with van der Waals surface area (Å²) in [6.45, 7) is 0.377. The summed E-state index contributed by atoms with van der Waals surface area (Å²) in [6, 6.07) is 19.5. The second-order valence-electron chi connectivity index (χ2n) is 6.67. The van der Waals surface area contributed by atoms with E-state index >= 15 is 0 Å². The average Bonchev–Trinajstić information content (AvgIpc) is 3.29. The molecule has 3 atom stereocenters. The molecular weight excluding hydrogens is 362 g/mol. The summed E-state index contributed by atoms with van der Waals surface area (Å²) in [4.78, 5) is 12.2. The number of hydrogen-bond donors (Lipinski definition) is 0. The van der Waals surface area contributed by atoms with Gasteiger partial charge in [0.05, 0.1) is 12.6 Å². The fourth-order valence-corrected chi connectivity index (χ4v) is 4.02. The van der Waals surface area contributed by atoms with Gasteiger partial charge >= 0.3 is 0 Å². The zero-order chi connectivity index (χ0) is 18.4. The second-order valence-corrected chi connectivity index (χ2v) is 7.03. The number of nitrogens with zero attached hydrogens (tertiary/aromatic N) is 3. The van der Waals surface area contributed by atoms with E-state index in [9.17, 15) is 4.79 Å². The van der Waals surface area contributed by atoms with Crippen molar-refractivity contribution < 1.29 is 14.3 Å². The van der Waals surface area contributed by atoms with Crippen molar-refractivity contribution in [3.05, 3.63) is 65.4 Å². The van der Waals surface area contributed by atoms with E-state index in [1.165, 1.54) is 0 Å². The Hall–Kier alpha value is -2.61. The number of benzene rings is 2. The lowest BCUT2D eigenvalue weighted by molar-refractivity contribution is -0.156. The summed E-state index contributed by atoms with van der Waals surface area (Å²) < 4.78 is 15.4. The predicted molar refractivity (Wildman–Crippen MR) is 101 cm³/mol. The molecule has 2 fully saturated rings. The molecule has 6 nitrogen and oxygen atoms in total. The first-order valence-electron chi connectivity index (χ1n) is 8.84. The van der Waals surface area contributed by atoms with Crippen LogP contribution in [0, 0.1) is 4.77 Å². The lowest BCUT2D eigenvalue weighted by atomic mass is 10.0. The first-order valence-corrected chi connectivity index (χ1v) is 9.25. The minimum atomic E-state index is -0.731. The van der Waals surface area contributed by atoms with Crippen LogP contribution in [-0.2, 0) is 14.3 Å². The molecule has 3 aromatic rings. The number of ether oxygens (including phenoxy) is 2. The standard InChI is InChI=1S/C20H17N3O3S/c24-16-11-15(17-12-25-19(16)26-17)23-20(27)22(14-9-5-2-6-10-14)18(21-23)13-7-3-1-4-8-13/h1-10,15,17,19H,11-12H2/t15-,17+,19-/m1/s1. The third-order valence-corrected chi connectivity index (χ3v) is 5.34. The number of para-hydroxylation sites is 1. The Morgan fingerprint density at radius 2 is 1.74 bits per heavy atom. The molecule has 1 aromatic heterocycles. The molecule has 2 saturated heterocycles. The van der Waals surface area contributed by atoms with Gasteiger partial charge in [-0.1, -0.05) is 48.5 Å². The van der Waals surface area contributed by atoms with Crippen LogP contribution in [0.1, 0.15) is 12.5 Å². The summed E-state index contributed by atoms with van der Waals surface area (Å²) >= 11 is 5.78. The van der Waals surface area contributed by atoms with Gasteiger partial charge in [-0.3, -0.25) is 9.36 Å². The van der Waals surface area contributed by atoms with E-state index in [1.54, 1.807) is 4.68 Å². The van der Waals surface area contributed by atoms with Gasteiger partial charge in [0.15, 0.2) is 11.6 Å². The normalized spacial score (nSPS) is 24.3. The summed E-state index contributed by atoms with van der Waals surface area (Å²) in [5, 5.41) is 4.82. The Labute approximate surface area is 161 Å². The highest BCUT2D eigenvalue weighted by atomic mass is 32.1. The van der Waals surface area contributed by atoms with Gasteiger partial charge in [-0.15, -0.1) is 0 Å². The Morgan fingerprint density at radius 3 is 2.48 bits per heavy atom. The van der Waals surface area contributed by atoms with Gasteiger partial charge in [0.1, 0.15) is 6.10 Å². The van der Waals surface area contributed by atoms with Crippen molar-refractivity contribution in [3.8, 4) is 17.1 Å². The van der Waals surface area contributed by atoms with Gasteiger partial charge in [0, 0.05) is 17.7 Å². The molecule has 2 bridgehead atoms. The summed E-state index contributed by atoms with van der Waals surface area (Å²) in [6.07, 6.45) is -0.642. The Bertz CT molecular complexity index is 1050. The van der Waals surface area contributed by atoms with E-state index in [0.29, 0.717) is 17.8 Å². The third-order valence-electron chi connectivity index (χ3n) is 4.97. The molecule has 0 radical (unpaired) electrons. The highest BCUT2D eigenvalue weighted by Crippen LogP contribution is 2.34. The summed E-state index contributed by atoms with van der Waals surface area (Å²) in [5.41, 5.74) is 1.88. The first-order chi connectivity index (χ1) is 13.2. The summed E-state index contributed by atoms with van der Waals surface area (Å²) in [5.74, 6) is 0.673. The fourth-order valence-electron chi connectivity index (χ4n) is 3.65. The van der Waals surface area contributed by atoms with Crippen LogP contribution in [0.15, 0.2) is 60.7 Å². The van der Waals surface area contributed by atoms with Crippen molar-refractivity contribution in [1.29, 1.82) is 0 Å². The molecule has 0 amide bonds. The maximum Gasteiger partial charge on any atom is 0.218 e. The molecule has 0 N–H and O–H groups in total. The maximum absolute atomic E-state index is 12.2. The molecule has 7 heteroatoms. The SMILES string of the molecule is O=C1C[C@@H](n2nc(-c3ccccc3)n(-c3ccccc3)c2=S)[C@@H]2CO[C@@H]1O2. The van der Waals surface area contributed by atoms with E-state index < -0.39 is 6.29 Å². The van der Waals surface area contributed by atoms with Crippen molar-refractivity contribution in [1.82, 2.24) is 14.3 Å². The molecule has 0 aliphatic carbocycles. The van der Waals surface area contributed by atoms with Crippen LogP contribution in [0.4, 0.5) is 0 Å². The monoisotopic (exact) mass is 379 g/mol. The summed E-state index contributed by atoms with van der Waals surface area (Å²) in [7, 11) is 0. The largest absolute Gasteiger partial charge is 0.343 e. The molecule has 0 unspecified atom stereocenters. The molecule has 2 aliphatic heterocycles. The first kappa shape index (κ1) is 16.6. The average molecular weight is 379 g/mol. The van der Waals surface area contributed by atoms with Crippen molar-refractivity contribution in [2.24, 2.45) is 0 Å². The van der Waals surface area contributed by atoms with Crippen molar-refractivity contribution in [3.63, 3.8) is 0 Å². The van der Waals surface area contributed by atoms with E-state index in [4.69, 9.17) is 26.8 Å². The van der Waals surface area contributed by atoms with Crippen LogP contribution in [0.3, 0.4) is 0 Å². The van der Waals surface area contributed by atoms with Crippen LogP contribution >= 0.6 is 12.2 Å². The zero-order valence-electron chi connectivity index (χ0n) is 14.4. The number of ketones is 1. The minimum Gasteiger partial charge on any atom is -0.343 e. The number of fused-ring (bicyclic) bond motifs is 2. The topological polar surface area (TPSA) is 58.3 Å². The molecule has 5 rings (SSSR count). The van der Waals surface area contributed by atoms with Gasteiger partial charge in [0.25, 0.3) is 0 Å². The van der Waals surface area contributed by atoms with E-state index in [1.807, 2.05) is 65.2 Å². The molecule has 0 spiro atoms. The lowest BCUT2D eigenvalue weighted by Gasteiger charge is -2.26. The number of rotatable bonds is 3. The number of aromatic nitrogens is 3. The Kier molecular flexibility index (Phi) is 4.00. The van der Waals surface area contributed by atoms with E-state index in [-0.39, 0.29) is 17.9 Å². The number of carbonyl (C=O) groups excluding carboxylic acids is 1.